The first-order chi connectivity index (χ1) is 11.2. The molecule has 0 amide bonds. The summed E-state index contributed by atoms with van der Waals surface area (Å²) in [5, 5.41) is 0.722. The second kappa shape index (κ2) is 7.80. The SMILES string of the molecule is CN(C)CC(NS(=O)(=O)c1cccc(F)c1)c1ccc(Cl)c(Cl)c1. The third kappa shape index (κ3) is 4.91. The average Bonchev–Trinajstić information content (AvgIpc) is 2.48. The van der Waals surface area contributed by atoms with Gasteiger partial charge in [0, 0.05) is 6.54 Å². The molecule has 2 rings (SSSR count). The van der Waals surface area contributed by atoms with Crippen LogP contribution in [-0.4, -0.2) is 34.0 Å². The van der Waals surface area contributed by atoms with E-state index >= 15 is 0 Å². The third-order valence-corrected chi connectivity index (χ3v) is 5.51. The van der Waals surface area contributed by atoms with Crippen LogP contribution in [0.1, 0.15) is 11.6 Å². The van der Waals surface area contributed by atoms with Crippen LogP contribution in [0.5, 0.6) is 0 Å². The summed E-state index contributed by atoms with van der Waals surface area (Å²) in [5.74, 6) is -0.614. The standard InChI is InChI=1S/C16H17Cl2FN2O2S/c1-21(2)10-16(11-6-7-14(17)15(18)8-11)20-24(22,23)13-5-3-4-12(19)9-13/h3-9,16,20H,10H2,1-2H3. The lowest BCUT2D eigenvalue weighted by molar-refractivity contribution is 0.363. The highest BCUT2D eigenvalue weighted by atomic mass is 35.5. The molecule has 0 bridgehead atoms. The van der Waals surface area contributed by atoms with Gasteiger partial charge in [0.2, 0.25) is 10.0 Å². The van der Waals surface area contributed by atoms with Crippen molar-refractivity contribution in [3.8, 4) is 0 Å². The highest BCUT2D eigenvalue weighted by molar-refractivity contribution is 7.89. The highest BCUT2D eigenvalue weighted by Gasteiger charge is 2.23. The quantitative estimate of drug-likeness (QED) is 0.817. The third-order valence-electron chi connectivity index (χ3n) is 3.30. The largest absolute Gasteiger partial charge is 0.307 e. The number of nitrogens with zero attached hydrogens (tertiary/aromatic N) is 1. The van der Waals surface area contributed by atoms with Gasteiger partial charge in [-0.15, -0.1) is 0 Å². The first-order valence-corrected chi connectivity index (χ1v) is 9.30. The first-order valence-electron chi connectivity index (χ1n) is 7.06. The molecule has 0 aliphatic rings. The molecule has 0 aliphatic carbocycles. The molecule has 2 aromatic rings. The van der Waals surface area contributed by atoms with Crippen LogP contribution in [-0.2, 0) is 10.0 Å². The van der Waals surface area contributed by atoms with Gasteiger partial charge < -0.3 is 4.90 Å². The van der Waals surface area contributed by atoms with Crippen LogP contribution in [0.3, 0.4) is 0 Å². The minimum Gasteiger partial charge on any atom is -0.307 e. The van der Waals surface area contributed by atoms with Crippen molar-refractivity contribution in [3.05, 3.63) is 63.9 Å². The van der Waals surface area contributed by atoms with Crippen LogP contribution < -0.4 is 4.72 Å². The van der Waals surface area contributed by atoms with Gasteiger partial charge in [-0.2, -0.15) is 0 Å². The lowest BCUT2D eigenvalue weighted by Gasteiger charge is -2.23. The van der Waals surface area contributed by atoms with E-state index in [1.165, 1.54) is 18.2 Å². The molecule has 0 spiro atoms. The molecule has 8 heteroatoms. The van der Waals surface area contributed by atoms with Crippen molar-refractivity contribution in [2.45, 2.75) is 10.9 Å². The molecule has 1 atom stereocenters. The Morgan fingerprint density at radius 1 is 1.12 bits per heavy atom. The molecular formula is C16H17Cl2FN2O2S. The number of sulfonamides is 1. The molecule has 4 nitrogen and oxygen atoms in total. The summed E-state index contributed by atoms with van der Waals surface area (Å²) >= 11 is 11.9. The normalized spacial score (nSPS) is 13.2. The van der Waals surface area contributed by atoms with Gasteiger partial charge in [0.1, 0.15) is 5.82 Å². The Labute approximate surface area is 151 Å². The van der Waals surface area contributed by atoms with Crippen molar-refractivity contribution >= 4 is 33.2 Å². The molecular weight excluding hydrogens is 374 g/mol. The minimum atomic E-state index is -3.89. The van der Waals surface area contributed by atoms with Gasteiger partial charge in [-0.1, -0.05) is 35.3 Å². The van der Waals surface area contributed by atoms with Gasteiger partial charge in [0.15, 0.2) is 0 Å². The van der Waals surface area contributed by atoms with E-state index in [9.17, 15) is 12.8 Å². The van der Waals surface area contributed by atoms with E-state index in [1.807, 2.05) is 19.0 Å². The second-order valence-corrected chi connectivity index (χ2v) is 8.10. The second-order valence-electron chi connectivity index (χ2n) is 5.57. The molecule has 0 heterocycles. The monoisotopic (exact) mass is 390 g/mol. The van der Waals surface area contributed by atoms with E-state index in [0.29, 0.717) is 22.2 Å². The van der Waals surface area contributed by atoms with Crippen molar-refractivity contribution < 1.29 is 12.8 Å². The van der Waals surface area contributed by atoms with E-state index < -0.39 is 21.9 Å². The van der Waals surface area contributed by atoms with Gasteiger partial charge >= 0.3 is 0 Å². The predicted octanol–water partition coefficient (Wildman–Crippen LogP) is 3.71. The number of rotatable bonds is 6. The maximum absolute atomic E-state index is 13.3. The maximum atomic E-state index is 13.3. The fourth-order valence-corrected chi connectivity index (χ4v) is 3.75. The first kappa shape index (κ1) is 19.1. The Hall–Kier alpha value is -1.18. The van der Waals surface area contributed by atoms with Crippen LogP contribution in [0, 0.1) is 5.82 Å². The Kier molecular flexibility index (Phi) is 6.22. The fourth-order valence-electron chi connectivity index (χ4n) is 2.19. The van der Waals surface area contributed by atoms with E-state index in [1.54, 1.807) is 18.2 Å². The molecule has 0 aliphatic heterocycles. The average molecular weight is 391 g/mol. The number of likely N-dealkylation sites (N-methyl/N-ethyl adjacent to an activating group) is 1. The zero-order valence-electron chi connectivity index (χ0n) is 13.1. The topological polar surface area (TPSA) is 49.4 Å². The Balaban J connectivity index is 2.36. The van der Waals surface area contributed by atoms with Gasteiger partial charge in [-0.05, 0) is 50.0 Å². The molecule has 0 radical (unpaired) electrons. The van der Waals surface area contributed by atoms with Gasteiger partial charge in [-0.25, -0.2) is 17.5 Å². The summed E-state index contributed by atoms with van der Waals surface area (Å²) in [7, 11) is -0.251. The number of benzene rings is 2. The molecule has 1 N–H and O–H groups in total. The number of hydrogen-bond donors (Lipinski definition) is 1. The fraction of sp³-hybridized carbons (Fsp3) is 0.250. The summed E-state index contributed by atoms with van der Waals surface area (Å²) in [6, 6.07) is 9.22. The predicted molar refractivity (Wildman–Crippen MR) is 94.5 cm³/mol. The van der Waals surface area contributed by atoms with Crippen molar-refractivity contribution in [2.24, 2.45) is 0 Å². The molecule has 130 valence electrons. The molecule has 0 saturated carbocycles. The zero-order valence-corrected chi connectivity index (χ0v) is 15.5. The molecule has 2 aromatic carbocycles. The van der Waals surface area contributed by atoms with Crippen LogP contribution in [0.2, 0.25) is 10.0 Å². The molecule has 0 aromatic heterocycles. The van der Waals surface area contributed by atoms with Crippen LogP contribution in [0.25, 0.3) is 0 Å². The molecule has 24 heavy (non-hydrogen) atoms. The highest BCUT2D eigenvalue weighted by Crippen LogP contribution is 2.27. The van der Waals surface area contributed by atoms with E-state index in [-0.39, 0.29) is 4.90 Å². The lowest BCUT2D eigenvalue weighted by Crippen LogP contribution is -2.35. The van der Waals surface area contributed by atoms with Crippen LogP contribution in [0.4, 0.5) is 4.39 Å². The van der Waals surface area contributed by atoms with E-state index in [4.69, 9.17) is 23.2 Å². The van der Waals surface area contributed by atoms with Crippen molar-refractivity contribution in [1.29, 1.82) is 0 Å². The lowest BCUT2D eigenvalue weighted by atomic mass is 10.1. The van der Waals surface area contributed by atoms with Crippen molar-refractivity contribution in [3.63, 3.8) is 0 Å². The van der Waals surface area contributed by atoms with Crippen molar-refractivity contribution in [1.82, 2.24) is 9.62 Å². The number of halogens is 3. The summed E-state index contributed by atoms with van der Waals surface area (Å²) in [6.45, 7) is 0.395. The molecule has 0 saturated heterocycles. The Morgan fingerprint density at radius 3 is 2.42 bits per heavy atom. The Bertz CT molecular complexity index is 829. The Morgan fingerprint density at radius 2 is 1.83 bits per heavy atom. The van der Waals surface area contributed by atoms with Gasteiger partial charge in [0.25, 0.3) is 0 Å². The van der Waals surface area contributed by atoms with Crippen LogP contribution in [0.15, 0.2) is 47.4 Å². The zero-order chi connectivity index (χ0) is 17.9. The summed E-state index contributed by atoms with van der Waals surface area (Å²) in [5.41, 5.74) is 0.665. The van der Waals surface area contributed by atoms with E-state index in [2.05, 4.69) is 4.72 Å². The van der Waals surface area contributed by atoms with Gasteiger partial charge in [0.05, 0.1) is 21.0 Å². The maximum Gasteiger partial charge on any atom is 0.241 e. The molecule has 0 fully saturated rings. The minimum absolute atomic E-state index is 0.133. The summed E-state index contributed by atoms with van der Waals surface area (Å²) < 4.78 is 41.0. The van der Waals surface area contributed by atoms with Crippen molar-refractivity contribution in [2.75, 3.05) is 20.6 Å². The smallest absolute Gasteiger partial charge is 0.241 e. The summed E-state index contributed by atoms with van der Waals surface area (Å²) in [6.07, 6.45) is 0. The number of hydrogen-bond acceptors (Lipinski definition) is 3. The number of nitrogens with one attached hydrogen (secondary N) is 1. The van der Waals surface area contributed by atoms with Gasteiger partial charge in [-0.3, -0.25) is 0 Å². The van der Waals surface area contributed by atoms with Crippen LogP contribution >= 0.6 is 23.2 Å². The molecule has 1 unspecified atom stereocenters. The summed E-state index contributed by atoms with van der Waals surface area (Å²) in [4.78, 5) is 1.70. The van der Waals surface area contributed by atoms with E-state index in [0.717, 1.165) is 6.07 Å².